The van der Waals surface area contributed by atoms with E-state index in [9.17, 15) is 9.18 Å². The standard InChI is InChI=1S/C16H15FO3/c1-11-3-5-15(19-2)13(7-11)10-20-16-6-4-12(9-18)8-14(16)17/h3-9H,10H2,1-2H3. The topological polar surface area (TPSA) is 35.5 Å². The van der Waals surface area contributed by atoms with E-state index in [1.165, 1.54) is 12.1 Å². The van der Waals surface area contributed by atoms with Gasteiger partial charge in [0.15, 0.2) is 11.6 Å². The fraction of sp³-hybridized carbons (Fsp3) is 0.188. The van der Waals surface area contributed by atoms with Gasteiger partial charge in [-0.1, -0.05) is 11.6 Å². The first-order valence-corrected chi connectivity index (χ1v) is 6.15. The van der Waals surface area contributed by atoms with Gasteiger partial charge in [-0.15, -0.1) is 0 Å². The minimum Gasteiger partial charge on any atom is -0.496 e. The molecule has 0 aliphatic rings. The third-order valence-electron chi connectivity index (χ3n) is 2.91. The van der Waals surface area contributed by atoms with Gasteiger partial charge in [-0.2, -0.15) is 0 Å². The Balaban J connectivity index is 2.16. The van der Waals surface area contributed by atoms with Crippen molar-refractivity contribution in [2.45, 2.75) is 13.5 Å². The summed E-state index contributed by atoms with van der Waals surface area (Å²) in [6.45, 7) is 2.16. The van der Waals surface area contributed by atoms with Gasteiger partial charge in [-0.05, 0) is 37.3 Å². The Labute approximate surface area is 117 Å². The molecule has 0 saturated carbocycles. The number of carbonyl (C=O) groups is 1. The molecule has 2 aromatic carbocycles. The van der Waals surface area contributed by atoms with Gasteiger partial charge in [0, 0.05) is 11.1 Å². The van der Waals surface area contributed by atoms with Crippen LogP contribution in [0.1, 0.15) is 21.5 Å². The van der Waals surface area contributed by atoms with Crippen LogP contribution < -0.4 is 9.47 Å². The van der Waals surface area contributed by atoms with Gasteiger partial charge in [-0.25, -0.2) is 4.39 Å². The average Bonchev–Trinajstić information content (AvgIpc) is 2.46. The number of halogens is 1. The van der Waals surface area contributed by atoms with Gasteiger partial charge in [0.05, 0.1) is 7.11 Å². The van der Waals surface area contributed by atoms with Gasteiger partial charge in [0.2, 0.25) is 0 Å². The molecule has 0 heterocycles. The Morgan fingerprint density at radius 2 is 1.90 bits per heavy atom. The maximum absolute atomic E-state index is 13.7. The Kier molecular flexibility index (Phi) is 4.35. The Hall–Kier alpha value is -2.36. The van der Waals surface area contributed by atoms with Crippen LogP contribution in [0.4, 0.5) is 4.39 Å². The van der Waals surface area contributed by atoms with Crippen LogP contribution in [-0.2, 0) is 6.61 Å². The van der Waals surface area contributed by atoms with Crippen molar-refractivity contribution < 1.29 is 18.7 Å². The molecule has 0 spiro atoms. The van der Waals surface area contributed by atoms with Gasteiger partial charge in [0.1, 0.15) is 18.6 Å². The van der Waals surface area contributed by atoms with E-state index in [4.69, 9.17) is 9.47 Å². The van der Waals surface area contributed by atoms with Crippen LogP contribution >= 0.6 is 0 Å². The molecule has 4 heteroatoms. The molecule has 2 aromatic rings. The van der Waals surface area contributed by atoms with E-state index >= 15 is 0 Å². The number of hydrogen-bond donors (Lipinski definition) is 0. The van der Waals surface area contributed by atoms with Crippen molar-refractivity contribution in [2.24, 2.45) is 0 Å². The van der Waals surface area contributed by atoms with Crippen molar-refractivity contribution in [1.29, 1.82) is 0 Å². The van der Waals surface area contributed by atoms with Crippen LogP contribution in [0.3, 0.4) is 0 Å². The largest absolute Gasteiger partial charge is 0.496 e. The Bertz CT molecular complexity index is 623. The monoisotopic (exact) mass is 274 g/mol. The van der Waals surface area contributed by atoms with Crippen LogP contribution in [0.25, 0.3) is 0 Å². The van der Waals surface area contributed by atoms with Crippen molar-refractivity contribution in [3.63, 3.8) is 0 Å². The van der Waals surface area contributed by atoms with Crippen molar-refractivity contribution >= 4 is 6.29 Å². The van der Waals surface area contributed by atoms with Gasteiger partial charge in [0.25, 0.3) is 0 Å². The van der Waals surface area contributed by atoms with E-state index < -0.39 is 5.82 Å². The van der Waals surface area contributed by atoms with Gasteiger partial charge < -0.3 is 9.47 Å². The fourth-order valence-corrected chi connectivity index (χ4v) is 1.88. The highest BCUT2D eigenvalue weighted by Gasteiger charge is 2.08. The summed E-state index contributed by atoms with van der Waals surface area (Å²) in [6.07, 6.45) is 0.594. The summed E-state index contributed by atoms with van der Waals surface area (Å²) in [5.74, 6) is 0.251. The summed E-state index contributed by atoms with van der Waals surface area (Å²) in [5.41, 5.74) is 2.19. The second-order valence-electron chi connectivity index (χ2n) is 4.41. The van der Waals surface area contributed by atoms with Crippen molar-refractivity contribution in [3.05, 3.63) is 58.9 Å². The third kappa shape index (κ3) is 3.15. The highest BCUT2D eigenvalue weighted by molar-refractivity contribution is 5.74. The molecule has 20 heavy (non-hydrogen) atoms. The number of hydrogen-bond acceptors (Lipinski definition) is 3. The molecule has 0 radical (unpaired) electrons. The molecule has 0 aliphatic carbocycles. The van der Waals surface area contributed by atoms with Gasteiger partial charge >= 0.3 is 0 Å². The lowest BCUT2D eigenvalue weighted by molar-refractivity contribution is 0.112. The SMILES string of the molecule is COc1ccc(C)cc1COc1ccc(C=O)cc1F. The van der Waals surface area contributed by atoms with Gasteiger partial charge in [-0.3, -0.25) is 4.79 Å². The summed E-state index contributed by atoms with van der Waals surface area (Å²) in [6, 6.07) is 9.81. The first-order chi connectivity index (χ1) is 9.63. The lowest BCUT2D eigenvalue weighted by Crippen LogP contribution is -2.01. The Morgan fingerprint density at radius 1 is 1.15 bits per heavy atom. The molecule has 0 unspecified atom stereocenters. The van der Waals surface area contributed by atoms with Crippen LogP contribution in [0.2, 0.25) is 0 Å². The molecule has 0 bridgehead atoms. The maximum Gasteiger partial charge on any atom is 0.165 e. The molecule has 104 valence electrons. The number of ether oxygens (including phenoxy) is 2. The zero-order valence-electron chi connectivity index (χ0n) is 11.4. The summed E-state index contributed by atoms with van der Waals surface area (Å²) in [5, 5.41) is 0. The van der Waals surface area contributed by atoms with Crippen molar-refractivity contribution in [3.8, 4) is 11.5 Å². The quantitative estimate of drug-likeness (QED) is 0.782. The maximum atomic E-state index is 13.7. The summed E-state index contributed by atoms with van der Waals surface area (Å²) < 4.78 is 24.4. The molecule has 0 fully saturated rings. The lowest BCUT2D eigenvalue weighted by Gasteiger charge is -2.11. The molecule has 2 rings (SSSR count). The zero-order valence-corrected chi connectivity index (χ0v) is 11.4. The van der Waals surface area contributed by atoms with Crippen LogP contribution in [0.15, 0.2) is 36.4 Å². The van der Waals surface area contributed by atoms with Crippen molar-refractivity contribution in [1.82, 2.24) is 0 Å². The molecule has 0 aliphatic heterocycles. The van der Waals surface area contributed by atoms with E-state index in [2.05, 4.69) is 0 Å². The Morgan fingerprint density at radius 3 is 2.55 bits per heavy atom. The number of benzene rings is 2. The normalized spacial score (nSPS) is 10.2. The van der Waals surface area contributed by atoms with E-state index in [-0.39, 0.29) is 17.9 Å². The number of aryl methyl sites for hydroxylation is 1. The predicted molar refractivity (Wildman–Crippen MR) is 73.9 cm³/mol. The van der Waals surface area contributed by atoms with E-state index in [1.807, 2.05) is 25.1 Å². The fourth-order valence-electron chi connectivity index (χ4n) is 1.88. The molecule has 0 atom stereocenters. The smallest absolute Gasteiger partial charge is 0.165 e. The second kappa shape index (κ2) is 6.19. The average molecular weight is 274 g/mol. The molecule has 3 nitrogen and oxygen atoms in total. The molecule has 0 amide bonds. The molecule has 0 saturated heterocycles. The van der Waals surface area contributed by atoms with E-state index in [0.29, 0.717) is 12.0 Å². The minimum atomic E-state index is -0.554. The number of methoxy groups -OCH3 is 1. The van der Waals surface area contributed by atoms with Crippen molar-refractivity contribution in [2.75, 3.05) is 7.11 Å². The highest BCUT2D eigenvalue weighted by atomic mass is 19.1. The van der Waals surface area contributed by atoms with Crippen LogP contribution in [0.5, 0.6) is 11.5 Å². The summed E-state index contributed by atoms with van der Waals surface area (Å²) >= 11 is 0. The zero-order chi connectivity index (χ0) is 14.5. The summed E-state index contributed by atoms with van der Waals surface area (Å²) in [7, 11) is 1.58. The molecule has 0 N–H and O–H groups in total. The first-order valence-electron chi connectivity index (χ1n) is 6.15. The first kappa shape index (κ1) is 14.1. The van der Waals surface area contributed by atoms with E-state index in [0.717, 1.165) is 17.2 Å². The van der Waals surface area contributed by atoms with Crippen LogP contribution in [0, 0.1) is 12.7 Å². The number of aldehydes is 1. The minimum absolute atomic E-state index is 0.110. The van der Waals surface area contributed by atoms with E-state index in [1.54, 1.807) is 7.11 Å². The number of carbonyl (C=O) groups excluding carboxylic acids is 1. The second-order valence-corrected chi connectivity index (χ2v) is 4.41. The molecular formula is C16H15FO3. The lowest BCUT2D eigenvalue weighted by atomic mass is 10.1. The summed E-state index contributed by atoms with van der Waals surface area (Å²) in [4.78, 5) is 10.5. The highest BCUT2D eigenvalue weighted by Crippen LogP contribution is 2.23. The molecule has 0 aromatic heterocycles. The molecular weight excluding hydrogens is 259 g/mol. The predicted octanol–water partition coefficient (Wildman–Crippen LogP) is 3.53. The van der Waals surface area contributed by atoms with Crippen LogP contribution in [-0.4, -0.2) is 13.4 Å². The third-order valence-corrected chi connectivity index (χ3v) is 2.91. The number of rotatable bonds is 5.